The predicted molar refractivity (Wildman–Crippen MR) is 84.4 cm³/mol. The number of hydrogen-bond donors (Lipinski definition) is 2. The van der Waals surface area contributed by atoms with Crippen molar-refractivity contribution < 1.29 is 5.11 Å². The molecule has 0 bridgehead atoms. The molecule has 2 N–H and O–H groups in total. The van der Waals surface area contributed by atoms with Crippen LogP contribution in [0.25, 0.3) is 0 Å². The average Bonchev–Trinajstić information content (AvgIpc) is 2.80. The molecule has 0 radical (unpaired) electrons. The van der Waals surface area contributed by atoms with Gasteiger partial charge in [0.1, 0.15) is 5.75 Å². The van der Waals surface area contributed by atoms with Crippen LogP contribution in [0.5, 0.6) is 5.75 Å². The first-order valence-corrected chi connectivity index (χ1v) is 7.53. The number of nitrogens with one attached hydrogen (secondary N) is 1. The lowest BCUT2D eigenvalue weighted by Crippen LogP contribution is -2.19. The van der Waals surface area contributed by atoms with Gasteiger partial charge in [0.25, 0.3) is 0 Å². The Hall–Kier alpha value is -1.87. The molecule has 2 atom stereocenters. The van der Waals surface area contributed by atoms with E-state index in [-0.39, 0.29) is 6.04 Å². The molecule has 3 nitrogen and oxygen atoms in total. The predicted octanol–water partition coefficient (Wildman–Crippen LogP) is 3.74. The van der Waals surface area contributed by atoms with Crippen molar-refractivity contribution in [1.82, 2.24) is 10.3 Å². The van der Waals surface area contributed by atoms with Gasteiger partial charge < -0.3 is 10.4 Å². The minimum atomic E-state index is 0.217. The largest absolute Gasteiger partial charge is 0.508 e. The van der Waals surface area contributed by atoms with Gasteiger partial charge in [-0.3, -0.25) is 4.98 Å². The summed E-state index contributed by atoms with van der Waals surface area (Å²) in [5.74, 6) is 0.903. The minimum absolute atomic E-state index is 0.217. The van der Waals surface area contributed by atoms with Crippen LogP contribution in [0.3, 0.4) is 0 Å². The molecule has 1 aromatic heterocycles. The summed E-state index contributed by atoms with van der Waals surface area (Å²) in [4.78, 5) is 4.19. The van der Waals surface area contributed by atoms with Crippen molar-refractivity contribution in [2.45, 2.75) is 45.7 Å². The number of phenolic OH excluding ortho intramolecular Hbond substituents is 1. The van der Waals surface area contributed by atoms with Crippen molar-refractivity contribution in [3.8, 4) is 5.75 Å². The van der Waals surface area contributed by atoms with Gasteiger partial charge in [-0.1, -0.05) is 13.0 Å². The van der Waals surface area contributed by atoms with Gasteiger partial charge in [-0.15, -0.1) is 0 Å². The maximum atomic E-state index is 10.2. The van der Waals surface area contributed by atoms with Crippen LogP contribution in [0.2, 0.25) is 0 Å². The van der Waals surface area contributed by atoms with E-state index in [0.29, 0.717) is 11.7 Å². The third kappa shape index (κ3) is 2.54. The number of phenols is 1. The highest BCUT2D eigenvalue weighted by molar-refractivity contribution is 5.50. The fourth-order valence-corrected chi connectivity index (χ4v) is 3.44. The number of aromatic hydroxyl groups is 1. The Kier molecular flexibility index (Phi) is 3.68. The molecule has 0 saturated carbocycles. The molecule has 1 heterocycles. The first kappa shape index (κ1) is 14.1. The summed E-state index contributed by atoms with van der Waals surface area (Å²) in [6.07, 6.45) is 4.77. The lowest BCUT2D eigenvalue weighted by molar-refractivity contribution is 0.445. The van der Waals surface area contributed by atoms with Gasteiger partial charge in [0.15, 0.2) is 0 Å². The summed E-state index contributed by atoms with van der Waals surface area (Å²) in [6.45, 7) is 7.25. The number of aryl methyl sites for hydroxylation is 2. The zero-order valence-electron chi connectivity index (χ0n) is 12.9. The van der Waals surface area contributed by atoms with Crippen molar-refractivity contribution in [2.75, 3.05) is 0 Å². The fraction of sp³-hybridized carbons (Fsp3) is 0.389. The van der Waals surface area contributed by atoms with Crippen molar-refractivity contribution >= 4 is 0 Å². The molecule has 110 valence electrons. The van der Waals surface area contributed by atoms with Gasteiger partial charge in [0, 0.05) is 30.5 Å². The van der Waals surface area contributed by atoms with Crippen LogP contribution in [0.15, 0.2) is 30.6 Å². The van der Waals surface area contributed by atoms with Crippen LogP contribution in [-0.4, -0.2) is 10.1 Å². The monoisotopic (exact) mass is 282 g/mol. The Morgan fingerprint density at radius 2 is 2.00 bits per heavy atom. The highest BCUT2D eigenvalue weighted by atomic mass is 16.3. The van der Waals surface area contributed by atoms with E-state index in [1.54, 1.807) is 0 Å². The number of rotatable bonds is 3. The summed E-state index contributed by atoms with van der Waals surface area (Å²) < 4.78 is 0. The molecule has 0 saturated heterocycles. The molecule has 0 spiro atoms. The highest BCUT2D eigenvalue weighted by Crippen LogP contribution is 2.45. The molecule has 3 heteroatoms. The van der Waals surface area contributed by atoms with E-state index in [1.165, 1.54) is 22.3 Å². The number of hydrogen-bond acceptors (Lipinski definition) is 3. The number of fused-ring (bicyclic) bond motifs is 1. The van der Waals surface area contributed by atoms with E-state index in [2.05, 4.69) is 31.1 Å². The molecule has 0 amide bonds. The quantitative estimate of drug-likeness (QED) is 0.901. The maximum absolute atomic E-state index is 10.2. The standard InChI is InChI=1S/C18H22N2O/c1-11-6-7-19-9-14(11)10-20-15-8-13(3)17-12(2)4-5-16(21)18(15)17/h4-7,9,13,15,20-21H,8,10H2,1-3H3. The molecule has 0 fully saturated rings. The summed E-state index contributed by atoms with van der Waals surface area (Å²) in [7, 11) is 0. The van der Waals surface area contributed by atoms with E-state index in [1.807, 2.05) is 30.6 Å². The van der Waals surface area contributed by atoms with Gasteiger partial charge in [0.05, 0.1) is 0 Å². The second-order valence-corrected chi connectivity index (χ2v) is 6.10. The summed E-state index contributed by atoms with van der Waals surface area (Å²) in [6, 6.07) is 6.08. The van der Waals surface area contributed by atoms with Gasteiger partial charge in [0.2, 0.25) is 0 Å². The van der Waals surface area contributed by atoms with Crippen LogP contribution >= 0.6 is 0 Å². The second kappa shape index (κ2) is 5.49. The Morgan fingerprint density at radius 1 is 1.19 bits per heavy atom. The Morgan fingerprint density at radius 3 is 2.76 bits per heavy atom. The van der Waals surface area contributed by atoms with E-state index < -0.39 is 0 Å². The minimum Gasteiger partial charge on any atom is -0.508 e. The molecule has 0 aliphatic heterocycles. The first-order chi connectivity index (χ1) is 10.1. The van der Waals surface area contributed by atoms with E-state index >= 15 is 0 Å². The van der Waals surface area contributed by atoms with Crippen molar-refractivity contribution in [3.05, 3.63) is 58.4 Å². The van der Waals surface area contributed by atoms with Crippen LogP contribution in [0.1, 0.15) is 53.1 Å². The first-order valence-electron chi connectivity index (χ1n) is 7.53. The Balaban J connectivity index is 1.84. The molecule has 3 rings (SSSR count). The highest BCUT2D eigenvalue weighted by Gasteiger charge is 2.31. The molecule has 1 aliphatic carbocycles. The fourth-order valence-electron chi connectivity index (χ4n) is 3.44. The zero-order valence-corrected chi connectivity index (χ0v) is 12.9. The van der Waals surface area contributed by atoms with E-state index in [4.69, 9.17) is 0 Å². The normalized spacial score (nSPS) is 20.5. The third-order valence-electron chi connectivity index (χ3n) is 4.60. The SMILES string of the molecule is Cc1ccncc1CNC1CC(C)c2c(C)ccc(O)c21. The topological polar surface area (TPSA) is 45.2 Å². The number of aromatic nitrogens is 1. The van der Waals surface area contributed by atoms with Crippen molar-refractivity contribution in [1.29, 1.82) is 0 Å². The number of pyridine rings is 1. The molecule has 1 aliphatic rings. The second-order valence-electron chi connectivity index (χ2n) is 6.10. The summed E-state index contributed by atoms with van der Waals surface area (Å²) >= 11 is 0. The molecule has 2 aromatic rings. The maximum Gasteiger partial charge on any atom is 0.120 e. The van der Waals surface area contributed by atoms with Crippen molar-refractivity contribution in [2.24, 2.45) is 0 Å². The number of benzene rings is 1. The molecule has 21 heavy (non-hydrogen) atoms. The summed E-state index contributed by atoms with van der Waals surface area (Å²) in [5, 5.41) is 13.8. The van der Waals surface area contributed by atoms with Gasteiger partial charge in [-0.25, -0.2) is 0 Å². The van der Waals surface area contributed by atoms with E-state index in [9.17, 15) is 5.11 Å². The van der Waals surface area contributed by atoms with Crippen molar-refractivity contribution in [3.63, 3.8) is 0 Å². The molecular formula is C18H22N2O. The van der Waals surface area contributed by atoms with Crippen LogP contribution in [0, 0.1) is 13.8 Å². The average molecular weight is 282 g/mol. The van der Waals surface area contributed by atoms with Gasteiger partial charge in [-0.05, 0) is 60.6 Å². The summed E-state index contributed by atoms with van der Waals surface area (Å²) in [5.41, 5.74) is 6.14. The number of nitrogens with zero attached hydrogens (tertiary/aromatic N) is 1. The van der Waals surface area contributed by atoms with Gasteiger partial charge >= 0.3 is 0 Å². The lowest BCUT2D eigenvalue weighted by Gasteiger charge is -2.16. The van der Waals surface area contributed by atoms with Crippen LogP contribution in [0.4, 0.5) is 0 Å². The smallest absolute Gasteiger partial charge is 0.120 e. The Bertz CT molecular complexity index is 666. The van der Waals surface area contributed by atoms with Gasteiger partial charge in [-0.2, -0.15) is 0 Å². The van der Waals surface area contributed by atoms with Crippen LogP contribution < -0.4 is 5.32 Å². The lowest BCUT2D eigenvalue weighted by atomic mass is 9.97. The molecule has 1 aromatic carbocycles. The molecule has 2 unspecified atom stereocenters. The van der Waals surface area contributed by atoms with Crippen LogP contribution in [-0.2, 0) is 6.54 Å². The third-order valence-corrected chi connectivity index (χ3v) is 4.60. The molecular weight excluding hydrogens is 260 g/mol. The zero-order chi connectivity index (χ0) is 15.0. The Labute approximate surface area is 126 Å². The van der Waals surface area contributed by atoms with E-state index in [0.717, 1.165) is 18.5 Å².